The Morgan fingerprint density at radius 1 is 1.22 bits per heavy atom. The van der Waals surface area contributed by atoms with Crippen molar-refractivity contribution in [2.24, 2.45) is 7.05 Å². The van der Waals surface area contributed by atoms with Gasteiger partial charge in [-0.3, -0.25) is 10.2 Å². The number of carbonyl (C=O) groups excluding carboxylic acids is 1. The van der Waals surface area contributed by atoms with Crippen molar-refractivity contribution in [3.63, 3.8) is 0 Å². The van der Waals surface area contributed by atoms with Crippen LogP contribution in [0.5, 0.6) is 5.75 Å². The lowest BCUT2D eigenvalue weighted by atomic mass is 10.1. The van der Waals surface area contributed by atoms with Crippen LogP contribution < -0.4 is 10.1 Å². The Bertz CT molecular complexity index is 1720. The zero-order valence-corrected chi connectivity index (χ0v) is 23.1. The smallest absolute Gasteiger partial charge is 0.251 e. The van der Waals surface area contributed by atoms with E-state index in [1.54, 1.807) is 6.07 Å². The van der Waals surface area contributed by atoms with Crippen LogP contribution in [0.4, 0.5) is 0 Å². The van der Waals surface area contributed by atoms with Gasteiger partial charge in [0, 0.05) is 36.8 Å². The fourth-order valence-electron chi connectivity index (χ4n) is 5.11. The van der Waals surface area contributed by atoms with Crippen LogP contribution in [-0.4, -0.2) is 76.5 Å². The molecule has 0 fully saturated rings. The number of ether oxygens (including phenoxy) is 1. The van der Waals surface area contributed by atoms with Gasteiger partial charge in [0.2, 0.25) is 0 Å². The minimum absolute atomic E-state index is 0.0687. The molecule has 13 heteroatoms. The molecule has 1 aliphatic rings. The fraction of sp³-hybridized carbons (Fsp3) is 0.321. The molecule has 13 nitrogen and oxygen atoms in total. The molecular formula is C28H31N11O2. The molecule has 0 spiro atoms. The van der Waals surface area contributed by atoms with Crippen LogP contribution in [0, 0.1) is 5.41 Å². The van der Waals surface area contributed by atoms with Crippen LogP contribution in [0.2, 0.25) is 0 Å². The van der Waals surface area contributed by atoms with E-state index in [0.29, 0.717) is 42.7 Å². The van der Waals surface area contributed by atoms with Gasteiger partial charge in [-0.1, -0.05) is 12.1 Å². The molecule has 4 N–H and O–H groups in total. The summed E-state index contributed by atoms with van der Waals surface area (Å²) in [7, 11) is 1.96. The number of aromatic amines is 2. The molecule has 0 bridgehead atoms. The number of aromatic nitrogens is 8. The van der Waals surface area contributed by atoms with Gasteiger partial charge in [-0.05, 0) is 54.6 Å². The van der Waals surface area contributed by atoms with Gasteiger partial charge in [0.25, 0.3) is 5.91 Å². The number of aryl methyl sites for hydroxylation is 1. The van der Waals surface area contributed by atoms with Crippen LogP contribution in [0.1, 0.15) is 53.2 Å². The summed E-state index contributed by atoms with van der Waals surface area (Å²) in [5.41, 5.74) is 5.17. The van der Waals surface area contributed by atoms with Crippen molar-refractivity contribution in [1.82, 2.24) is 50.4 Å². The molecule has 1 amide bonds. The van der Waals surface area contributed by atoms with E-state index in [2.05, 4.69) is 37.8 Å². The highest BCUT2D eigenvalue weighted by Gasteiger charge is 2.25. The number of benzene rings is 2. The second-order valence-corrected chi connectivity index (χ2v) is 10.1. The molecule has 4 heterocycles. The molecule has 0 saturated carbocycles. The van der Waals surface area contributed by atoms with Crippen molar-refractivity contribution < 1.29 is 9.53 Å². The lowest BCUT2D eigenvalue weighted by Gasteiger charge is -2.26. The Kier molecular flexibility index (Phi) is 6.91. The van der Waals surface area contributed by atoms with E-state index < -0.39 is 0 Å². The number of rotatable bonds is 8. The standard InChI is InChI=1S/C28H31N11O2/c1-16(25-31-21-9-11-39(17(2)29)15-23(21)32-25)27-33-22-8-7-19(14-24(22)38(27)3)28(40)30-10-12-41-20-6-4-5-18(13-20)26-34-36-37-35-26/h4-8,13-14,16,29H,9-12,15H2,1-3H3,(H,30,40)(H,31,32)(H,34,35,36,37). The molecule has 0 saturated heterocycles. The quantitative estimate of drug-likeness (QED) is 0.129. The predicted molar refractivity (Wildman–Crippen MR) is 152 cm³/mol. The number of amidine groups is 1. The molecule has 0 radical (unpaired) electrons. The maximum Gasteiger partial charge on any atom is 0.251 e. The van der Waals surface area contributed by atoms with Crippen LogP contribution in [0.3, 0.4) is 0 Å². The molecule has 2 aromatic carbocycles. The van der Waals surface area contributed by atoms with Gasteiger partial charge in [-0.2, -0.15) is 0 Å². The number of nitrogens with zero attached hydrogens (tertiary/aromatic N) is 7. The van der Waals surface area contributed by atoms with Crippen LogP contribution in [-0.2, 0) is 20.0 Å². The van der Waals surface area contributed by atoms with Gasteiger partial charge in [0.1, 0.15) is 24.0 Å². The van der Waals surface area contributed by atoms with Gasteiger partial charge in [-0.15, -0.1) is 5.10 Å². The van der Waals surface area contributed by atoms with Crippen molar-refractivity contribution >= 4 is 22.8 Å². The SMILES string of the molecule is CC(=N)N1CCc2[nH]c(C(C)c3nc4ccc(C(=O)NCCOc5cccc(-c6nnn[nH]6)c5)cc4n3C)nc2C1. The van der Waals surface area contributed by atoms with Gasteiger partial charge < -0.3 is 24.5 Å². The average Bonchev–Trinajstić information content (AvgIpc) is 3.74. The summed E-state index contributed by atoms with van der Waals surface area (Å²) in [6.45, 7) is 6.00. The van der Waals surface area contributed by atoms with Crippen molar-refractivity contribution in [3.8, 4) is 17.1 Å². The van der Waals surface area contributed by atoms with E-state index in [9.17, 15) is 4.79 Å². The minimum atomic E-state index is -0.183. The zero-order chi connectivity index (χ0) is 28.5. The van der Waals surface area contributed by atoms with Gasteiger partial charge in [-0.25, -0.2) is 15.1 Å². The Morgan fingerprint density at radius 3 is 2.90 bits per heavy atom. The van der Waals surface area contributed by atoms with Gasteiger partial charge in [0.15, 0.2) is 5.82 Å². The number of tetrazole rings is 1. The highest BCUT2D eigenvalue weighted by atomic mass is 16.5. The van der Waals surface area contributed by atoms with E-state index in [1.165, 1.54) is 0 Å². The second kappa shape index (κ2) is 10.8. The first-order chi connectivity index (χ1) is 19.9. The van der Waals surface area contributed by atoms with Crippen LogP contribution in [0.25, 0.3) is 22.4 Å². The fourth-order valence-corrected chi connectivity index (χ4v) is 5.11. The number of amides is 1. The molecule has 5 aromatic rings. The Hall–Kier alpha value is -5.07. The Labute approximate surface area is 235 Å². The average molecular weight is 554 g/mol. The number of fused-ring (bicyclic) bond motifs is 2. The normalized spacial score (nSPS) is 13.7. The van der Waals surface area contributed by atoms with Gasteiger partial charge >= 0.3 is 0 Å². The molecular weight excluding hydrogens is 522 g/mol. The third-order valence-corrected chi connectivity index (χ3v) is 7.41. The maximum atomic E-state index is 12.9. The number of hydrogen-bond acceptors (Lipinski definition) is 8. The van der Waals surface area contributed by atoms with E-state index in [4.69, 9.17) is 20.1 Å². The van der Waals surface area contributed by atoms with E-state index in [1.807, 2.05) is 59.8 Å². The highest BCUT2D eigenvalue weighted by Crippen LogP contribution is 2.28. The summed E-state index contributed by atoms with van der Waals surface area (Å²) in [5, 5.41) is 24.7. The third kappa shape index (κ3) is 5.25. The first-order valence-electron chi connectivity index (χ1n) is 13.5. The molecule has 3 aromatic heterocycles. The summed E-state index contributed by atoms with van der Waals surface area (Å²) in [6.07, 6.45) is 0.837. The summed E-state index contributed by atoms with van der Waals surface area (Å²) >= 11 is 0. The zero-order valence-electron chi connectivity index (χ0n) is 23.1. The monoisotopic (exact) mass is 553 g/mol. The molecule has 1 unspecified atom stereocenters. The molecule has 0 aliphatic carbocycles. The summed E-state index contributed by atoms with van der Waals surface area (Å²) in [6, 6.07) is 12.9. The van der Waals surface area contributed by atoms with Crippen molar-refractivity contribution in [2.45, 2.75) is 32.7 Å². The summed E-state index contributed by atoms with van der Waals surface area (Å²) in [5.74, 6) is 3.24. The Balaban J connectivity index is 1.10. The first kappa shape index (κ1) is 26.2. The largest absolute Gasteiger partial charge is 0.492 e. The van der Waals surface area contributed by atoms with Crippen LogP contribution >= 0.6 is 0 Å². The van der Waals surface area contributed by atoms with E-state index in [0.717, 1.165) is 52.6 Å². The van der Waals surface area contributed by atoms with E-state index in [-0.39, 0.29) is 11.8 Å². The minimum Gasteiger partial charge on any atom is -0.492 e. The van der Waals surface area contributed by atoms with Crippen molar-refractivity contribution in [1.29, 1.82) is 5.41 Å². The number of hydrogen-bond donors (Lipinski definition) is 4. The highest BCUT2D eigenvalue weighted by molar-refractivity contribution is 5.97. The number of H-pyrrole nitrogens is 2. The lowest BCUT2D eigenvalue weighted by Crippen LogP contribution is -2.33. The lowest BCUT2D eigenvalue weighted by molar-refractivity contribution is 0.0947. The van der Waals surface area contributed by atoms with Gasteiger partial charge in [0.05, 0.1) is 41.6 Å². The Morgan fingerprint density at radius 2 is 2.10 bits per heavy atom. The molecule has 1 aliphatic heterocycles. The number of carbonyl (C=O) groups is 1. The summed E-state index contributed by atoms with van der Waals surface area (Å²) in [4.78, 5) is 28.2. The maximum absolute atomic E-state index is 12.9. The molecule has 41 heavy (non-hydrogen) atoms. The number of imidazole rings is 2. The molecule has 1 atom stereocenters. The van der Waals surface area contributed by atoms with Crippen molar-refractivity contribution in [3.05, 3.63) is 71.1 Å². The van der Waals surface area contributed by atoms with Crippen molar-refractivity contribution in [2.75, 3.05) is 19.7 Å². The van der Waals surface area contributed by atoms with Crippen LogP contribution in [0.15, 0.2) is 42.5 Å². The predicted octanol–water partition coefficient (Wildman–Crippen LogP) is 2.79. The number of nitrogens with one attached hydrogen (secondary N) is 4. The summed E-state index contributed by atoms with van der Waals surface area (Å²) < 4.78 is 7.83. The second-order valence-electron chi connectivity index (χ2n) is 10.1. The molecule has 210 valence electrons. The third-order valence-electron chi connectivity index (χ3n) is 7.41. The topological polar surface area (TPSA) is 166 Å². The first-order valence-corrected chi connectivity index (χ1v) is 13.5. The van der Waals surface area contributed by atoms with E-state index >= 15 is 0 Å². The molecule has 6 rings (SSSR count).